The largest absolute Gasteiger partial charge is 0.243 e. The molecular weight excluding hydrogens is 301 g/mol. The minimum absolute atomic E-state index is 0.0847. The van der Waals surface area contributed by atoms with Crippen molar-refractivity contribution < 1.29 is 12.8 Å². The number of hydrogen-bond acceptors (Lipinski definition) is 2. The third kappa shape index (κ3) is 3.56. The van der Waals surface area contributed by atoms with E-state index in [0.29, 0.717) is 5.88 Å². The molecule has 6 heteroatoms. The van der Waals surface area contributed by atoms with Crippen LogP contribution in [0.1, 0.15) is 11.1 Å². The Hall–Kier alpha value is -1.43. The lowest BCUT2D eigenvalue weighted by Crippen LogP contribution is -2.24. The highest BCUT2D eigenvalue weighted by Gasteiger charge is 2.17. The monoisotopic (exact) mass is 313 g/mol. The van der Waals surface area contributed by atoms with Crippen LogP contribution in [0.4, 0.5) is 4.39 Å². The number of rotatable bonds is 5. The Morgan fingerprint density at radius 2 is 1.75 bits per heavy atom. The molecule has 0 fully saturated rings. The number of alkyl halides is 1. The summed E-state index contributed by atoms with van der Waals surface area (Å²) in [6.45, 7) is 0.0847. The summed E-state index contributed by atoms with van der Waals surface area (Å²) in [4.78, 5) is -0.353. The summed E-state index contributed by atoms with van der Waals surface area (Å²) < 4.78 is 39.9. The molecule has 0 radical (unpaired) electrons. The molecule has 0 saturated heterocycles. The zero-order valence-electron chi connectivity index (χ0n) is 10.5. The van der Waals surface area contributed by atoms with Crippen LogP contribution in [-0.4, -0.2) is 8.42 Å². The van der Waals surface area contributed by atoms with Crippen molar-refractivity contribution in [2.45, 2.75) is 17.3 Å². The minimum atomic E-state index is -3.87. The summed E-state index contributed by atoms with van der Waals surface area (Å²) in [5.41, 5.74) is 1.66. The summed E-state index contributed by atoms with van der Waals surface area (Å²) in [7, 11) is -3.87. The van der Waals surface area contributed by atoms with E-state index in [4.69, 9.17) is 11.6 Å². The molecule has 106 valence electrons. The standard InChI is InChI=1S/C14H13ClFNO2S/c15-9-11-4-3-5-12(8-11)10-17-20(18,19)14-7-2-1-6-13(14)16/h1-8,17H,9-10H2. The van der Waals surface area contributed by atoms with Crippen molar-refractivity contribution in [1.29, 1.82) is 0 Å². The van der Waals surface area contributed by atoms with Crippen LogP contribution in [0.25, 0.3) is 0 Å². The van der Waals surface area contributed by atoms with Crippen LogP contribution in [-0.2, 0) is 22.4 Å². The first-order valence-corrected chi connectivity index (χ1v) is 7.92. The quantitative estimate of drug-likeness (QED) is 0.862. The summed E-state index contributed by atoms with van der Waals surface area (Å²) in [5.74, 6) is -0.414. The SMILES string of the molecule is O=S(=O)(NCc1cccc(CCl)c1)c1ccccc1F. The Morgan fingerprint density at radius 1 is 1.05 bits per heavy atom. The van der Waals surface area contributed by atoms with Crippen LogP contribution in [0.15, 0.2) is 53.4 Å². The van der Waals surface area contributed by atoms with E-state index < -0.39 is 15.8 Å². The van der Waals surface area contributed by atoms with E-state index in [-0.39, 0.29) is 11.4 Å². The minimum Gasteiger partial charge on any atom is -0.207 e. The maximum atomic E-state index is 13.5. The molecule has 0 bridgehead atoms. The lowest BCUT2D eigenvalue weighted by atomic mass is 10.1. The third-order valence-electron chi connectivity index (χ3n) is 2.74. The molecule has 0 aliphatic carbocycles. The van der Waals surface area contributed by atoms with Gasteiger partial charge in [0.05, 0.1) is 0 Å². The van der Waals surface area contributed by atoms with Gasteiger partial charge >= 0.3 is 0 Å². The highest BCUT2D eigenvalue weighted by atomic mass is 35.5. The lowest BCUT2D eigenvalue weighted by Gasteiger charge is -2.08. The predicted octanol–water partition coefficient (Wildman–Crippen LogP) is 3.04. The average Bonchev–Trinajstić information content (AvgIpc) is 2.46. The van der Waals surface area contributed by atoms with Crippen molar-refractivity contribution in [2.24, 2.45) is 0 Å². The molecule has 0 aliphatic heterocycles. The maximum absolute atomic E-state index is 13.5. The first-order valence-electron chi connectivity index (χ1n) is 5.91. The highest BCUT2D eigenvalue weighted by Crippen LogP contribution is 2.14. The van der Waals surface area contributed by atoms with Crippen LogP contribution in [0.3, 0.4) is 0 Å². The summed E-state index contributed by atoms with van der Waals surface area (Å²) in [6.07, 6.45) is 0. The van der Waals surface area contributed by atoms with Gasteiger partial charge in [-0.05, 0) is 23.3 Å². The van der Waals surface area contributed by atoms with Gasteiger partial charge in [-0.25, -0.2) is 17.5 Å². The Balaban J connectivity index is 2.15. The molecule has 0 unspecified atom stereocenters. The zero-order valence-corrected chi connectivity index (χ0v) is 12.1. The molecule has 0 saturated carbocycles. The fourth-order valence-electron chi connectivity index (χ4n) is 1.74. The van der Waals surface area contributed by atoms with Gasteiger partial charge in [-0.3, -0.25) is 0 Å². The Labute approximate surface area is 122 Å². The second kappa shape index (κ2) is 6.35. The molecule has 0 atom stereocenters. The lowest BCUT2D eigenvalue weighted by molar-refractivity contribution is 0.557. The van der Waals surface area contributed by atoms with Crippen molar-refractivity contribution >= 4 is 21.6 Å². The van der Waals surface area contributed by atoms with Gasteiger partial charge in [0.15, 0.2) is 0 Å². The van der Waals surface area contributed by atoms with Gasteiger partial charge in [0.25, 0.3) is 0 Å². The first kappa shape index (κ1) is 15.0. The molecule has 3 nitrogen and oxygen atoms in total. The Bertz CT molecular complexity index is 704. The molecule has 20 heavy (non-hydrogen) atoms. The summed E-state index contributed by atoms with van der Waals surface area (Å²) >= 11 is 5.72. The van der Waals surface area contributed by atoms with Gasteiger partial charge in [-0.15, -0.1) is 11.6 Å². The van der Waals surface area contributed by atoms with Gasteiger partial charge in [0.2, 0.25) is 10.0 Å². The van der Waals surface area contributed by atoms with E-state index in [1.165, 1.54) is 18.2 Å². The van der Waals surface area contributed by atoms with E-state index in [2.05, 4.69) is 4.72 Å². The number of benzene rings is 2. The number of halogens is 2. The fraction of sp³-hybridized carbons (Fsp3) is 0.143. The maximum Gasteiger partial charge on any atom is 0.243 e. The van der Waals surface area contributed by atoms with E-state index in [9.17, 15) is 12.8 Å². The van der Waals surface area contributed by atoms with Crippen LogP contribution in [0.5, 0.6) is 0 Å². The molecule has 0 aliphatic rings. The number of hydrogen-bond donors (Lipinski definition) is 1. The normalized spacial score (nSPS) is 11.5. The van der Waals surface area contributed by atoms with Crippen LogP contribution >= 0.6 is 11.6 Å². The first-order chi connectivity index (χ1) is 9.53. The number of nitrogens with one attached hydrogen (secondary N) is 1. The van der Waals surface area contributed by atoms with Crippen LogP contribution in [0, 0.1) is 5.82 Å². The second-order valence-corrected chi connectivity index (χ2v) is 6.21. The van der Waals surface area contributed by atoms with E-state index in [1.54, 1.807) is 18.2 Å². The highest BCUT2D eigenvalue weighted by molar-refractivity contribution is 7.89. The summed E-state index contributed by atoms with van der Waals surface area (Å²) in [6, 6.07) is 12.5. The van der Waals surface area contributed by atoms with E-state index >= 15 is 0 Å². The van der Waals surface area contributed by atoms with Crippen molar-refractivity contribution in [3.05, 3.63) is 65.5 Å². The third-order valence-corrected chi connectivity index (χ3v) is 4.48. The molecule has 0 heterocycles. The molecular formula is C14H13ClFNO2S. The van der Waals surface area contributed by atoms with Gasteiger partial charge in [-0.2, -0.15) is 0 Å². The smallest absolute Gasteiger partial charge is 0.207 e. The molecule has 2 aromatic carbocycles. The summed E-state index contributed by atoms with van der Waals surface area (Å²) in [5, 5.41) is 0. The predicted molar refractivity (Wildman–Crippen MR) is 76.4 cm³/mol. The molecule has 0 spiro atoms. The second-order valence-electron chi connectivity index (χ2n) is 4.21. The molecule has 0 aromatic heterocycles. The molecule has 0 amide bonds. The Morgan fingerprint density at radius 3 is 2.45 bits per heavy atom. The molecule has 1 N–H and O–H groups in total. The van der Waals surface area contributed by atoms with Crippen molar-refractivity contribution in [1.82, 2.24) is 4.72 Å². The topological polar surface area (TPSA) is 46.2 Å². The van der Waals surface area contributed by atoms with E-state index in [0.717, 1.165) is 17.2 Å². The average molecular weight is 314 g/mol. The van der Waals surface area contributed by atoms with Crippen LogP contribution in [0.2, 0.25) is 0 Å². The Kier molecular flexibility index (Phi) is 4.75. The number of sulfonamides is 1. The van der Waals surface area contributed by atoms with Crippen molar-refractivity contribution in [3.8, 4) is 0 Å². The van der Waals surface area contributed by atoms with Crippen molar-refractivity contribution in [3.63, 3.8) is 0 Å². The zero-order chi connectivity index (χ0) is 14.6. The molecule has 2 aromatic rings. The molecule has 2 rings (SSSR count). The van der Waals surface area contributed by atoms with Gasteiger partial charge in [0, 0.05) is 12.4 Å². The van der Waals surface area contributed by atoms with Crippen molar-refractivity contribution in [2.75, 3.05) is 0 Å². The van der Waals surface area contributed by atoms with Crippen LogP contribution < -0.4 is 4.72 Å². The van der Waals surface area contributed by atoms with Gasteiger partial charge in [-0.1, -0.05) is 36.4 Å². The fourth-order valence-corrected chi connectivity index (χ4v) is 3.00. The van der Waals surface area contributed by atoms with E-state index in [1.807, 2.05) is 6.07 Å². The van der Waals surface area contributed by atoms with Gasteiger partial charge in [0.1, 0.15) is 10.7 Å². The van der Waals surface area contributed by atoms with Gasteiger partial charge < -0.3 is 0 Å².